The number of carbonyl (C=O) groups is 1. The molecule has 70 valence electrons. The highest BCUT2D eigenvalue weighted by atomic mass is 79.9. The van der Waals surface area contributed by atoms with Gasteiger partial charge in [-0.15, -0.1) is 0 Å². The number of aromatic carboxylic acids is 1. The molecule has 0 radical (unpaired) electrons. The van der Waals surface area contributed by atoms with Gasteiger partial charge in [0.2, 0.25) is 0 Å². The van der Waals surface area contributed by atoms with Crippen LogP contribution in [0.25, 0.3) is 0 Å². The SMILES string of the molecule is COc1c(N)cc(Br)cc1C(=O)O. The molecule has 13 heavy (non-hydrogen) atoms. The third kappa shape index (κ3) is 1.92. The number of rotatable bonds is 2. The van der Waals surface area contributed by atoms with Crippen molar-refractivity contribution in [2.24, 2.45) is 0 Å². The molecular formula is C8H8BrNO3. The van der Waals surface area contributed by atoms with E-state index >= 15 is 0 Å². The van der Waals surface area contributed by atoms with Crippen molar-refractivity contribution in [3.05, 3.63) is 22.2 Å². The molecule has 5 heteroatoms. The lowest BCUT2D eigenvalue weighted by Gasteiger charge is -2.08. The van der Waals surface area contributed by atoms with Crippen LogP contribution in [0.5, 0.6) is 5.75 Å². The lowest BCUT2D eigenvalue weighted by Crippen LogP contribution is -2.03. The molecule has 0 spiro atoms. The van der Waals surface area contributed by atoms with Crippen LogP contribution < -0.4 is 10.5 Å². The van der Waals surface area contributed by atoms with E-state index in [0.29, 0.717) is 10.2 Å². The van der Waals surface area contributed by atoms with Crippen molar-refractivity contribution in [2.45, 2.75) is 0 Å². The van der Waals surface area contributed by atoms with E-state index in [2.05, 4.69) is 15.9 Å². The summed E-state index contributed by atoms with van der Waals surface area (Å²) in [6.07, 6.45) is 0. The van der Waals surface area contributed by atoms with Crippen LogP contribution in [0.4, 0.5) is 5.69 Å². The molecule has 0 atom stereocenters. The normalized spacial score (nSPS) is 9.69. The Bertz CT molecular complexity index is 351. The molecule has 0 heterocycles. The molecule has 0 aromatic heterocycles. The maximum atomic E-state index is 10.7. The molecule has 0 unspecified atom stereocenters. The van der Waals surface area contributed by atoms with E-state index in [1.807, 2.05) is 0 Å². The highest BCUT2D eigenvalue weighted by molar-refractivity contribution is 9.10. The summed E-state index contributed by atoms with van der Waals surface area (Å²) in [5, 5.41) is 8.79. The Morgan fingerprint density at radius 2 is 2.23 bits per heavy atom. The highest BCUT2D eigenvalue weighted by Crippen LogP contribution is 2.30. The van der Waals surface area contributed by atoms with Gasteiger partial charge in [-0.25, -0.2) is 4.79 Å². The summed E-state index contributed by atoms with van der Waals surface area (Å²) in [6.45, 7) is 0. The van der Waals surface area contributed by atoms with Crippen molar-refractivity contribution in [2.75, 3.05) is 12.8 Å². The lowest BCUT2D eigenvalue weighted by atomic mass is 10.2. The average Bonchev–Trinajstić information content (AvgIpc) is 2.02. The van der Waals surface area contributed by atoms with Gasteiger partial charge in [0.25, 0.3) is 0 Å². The van der Waals surface area contributed by atoms with E-state index < -0.39 is 5.97 Å². The van der Waals surface area contributed by atoms with E-state index in [1.165, 1.54) is 13.2 Å². The molecule has 0 saturated carbocycles. The fourth-order valence-corrected chi connectivity index (χ4v) is 1.48. The summed E-state index contributed by atoms with van der Waals surface area (Å²) in [5.41, 5.74) is 5.90. The smallest absolute Gasteiger partial charge is 0.339 e. The van der Waals surface area contributed by atoms with Gasteiger partial charge in [-0.3, -0.25) is 0 Å². The lowest BCUT2D eigenvalue weighted by molar-refractivity contribution is 0.0693. The maximum absolute atomic E-state index is 10.7. The van der Waals surface area contributed by atoms with Gasteiger partial charge in [-0.1, -0.05) is 15.9 Å². The number of methoxy groups -OCH3 is 1. The van der Waals surface area contributed by atoms with Crippen molar-refractivity contribution in [3.63, 3.8) is 0 Å². The number of anilines is 1. The van der Waals surface area contributed by atoms with E-state index in [-0.39, 0.29) is 11.3 Å². The van der Waals surface area contributed by atoms with Crippen molar-refractivity contribution >= 4 is 27.6 Å². The van der Waals surface area contributed by atoms with Gasteiger partial charge < -0.3 is 15.6 Å². The second-order valence-corrected chi connectivity index (χ2v) is 3.30. The van der Waals surface area contributed by atoms with Gasteiger partial charge in [-0.2, -0.15) is 0 Å². The second kappa shape index (κ2) is 3.66. The largest absolute Gasteiger partial charge is 0.494 e. The Hall–Kier alpha value is -1.23. The Morgan fingerprint density at radius 3 is 2.69 bits per heavy atom. The van der Waals surface area contributed by atoms with Crippen LogP contribution in [0.1, 0.15) is 10.4 Å². The van der Waals surface area contributed by atoms with Crippen molar-refractivity contribution in [1.29, 1.82) is 0 Å². The molecular weight excluding hydrogens is 238 g/mol. The zero-order chi connectivity index (χ0) is 10.0. The fraction of sp³-hybridized carbons (Fsp3) is 0.125. The van der Waals surface area contributed by atoms with Gasteiger partial charge >= 0.3 is 5.97 Å². The van der Waals surface area contributed by atoms with Crippen LogP contribution in [0.2, 0.25) is 0 Å². The highest BCUT2D eigenvalue weighted by Gasteiger charge is 2.14. The predicted molar refractivity (Wildman–Crippen MR) is 52.1 cm³/mol. The Kier molecular flexibility index (Phi) is 2.77. The summed E-state index contributed by atoms with van der Waals surface area (Å²) < 4.78 is 5.48. The van der Waals surface area contributed by atoms with Crippen LogP contribution in [0.15, 0.2) is 16.6 Å². The topological polar surface area (TPSA) is 72.5 Å². The minimum Gasteiger partial charge on any atom is -0.494 e. The third-order valence-corrected chi connectivity index (χ3v) is 1.97. The summed E-state index contributed by atoms with van der Waals surface area (Å²) in [7, 11) is 1.38. The van der Waals surface area contributed by atoms with Gasteiger partial charge in [-0.05, 0) is 12.1 Å². The second-order valence-electron chi connectivity index (χ2n) is 2.38. The molecule has 4 nitrogen and oxygen atoms in total. The molecule has 0 aliphatic rings. The van der Waals surface area contributed by atoms with E-state index in [1.54, 1.807) is 6.07 Å². The minimum atomic E-state index is -1.06. The van der Waals surface area contributed by atoms with E-state index in [0.717, 1.165) is 0 Å². The van der Waals surface area contributed by atoms with Crippen LogP contribution in [0, 0.1) is 0 Å². The zero-order valence-corrected chi connectivity index (χ0v) is 8.46. The zero-order valence-electron chi connectivity index (χ0n) is 6.87. The van der Waals surface area contributed by atoms with Gasteiger partial charge in [0.05, 0.1) is 12.8 Å². The molecule has 3 N–H and O–H groups in total. The molecule has 0 fully saturated rings. The van der Waals surface area contributed by atoms with Crippen molar-refractivity contribution < 1.29 is 14.6 Å². The first kappa shape index (κ1) is 9.85. The quantitative estimate of drug-likeness (QED) is 0.779. The Balaban J connectivity index is 3.38. The predicted octanol–water partition coefficient (Wildman–Crippen LogP) is 1.74. The fourth-order valence-electron chi connectivity index (χ4n) is 1.00. The summed E-state index contributed by atoms with van der Waals surface area (Å²) in [6, 6.07) is 3.03. The maximum Gasteiger partial charge on any atom is 0.339 e. The molecule has 0 bridgehead atoms. The van der Waals surface area contributed by atoms with Crippen LogP contribution in [-0.4, -0.2) is 18.2 Å². The molecule has 1 aromatic carbocycles. The summed E-state index contributed by atoms with van der Waals surface area (Å²) >= 11 is 3.15. The van der Waals surface area contributed by atoms with Gasteiger partial charge in [0, 0.05) is 4.47 Å². The number of nitrogen functional groups attached to an aromatic ring is 1. The first-order chi connectivity index (χ1) is 6.06. The first-order valence-corrected chi connectivity index (χ1v) is 4.22. The molecule has 0 aliphatic carbocycles. The summed E-state index contributed by atoms with van der Waals surface area (Å²) in [5.74, 6) is -0.874. The molecule has 1 rings (SSSR count). The number of carboxylic acid groups (broad SMARTS) is 1. The molecule has 1 aromatic rings. The van der Waals surface area contributed by atoms with E-state index in [9.17, 15) is 4.79 Å². The summed E-state index contributed by atoms with van der Waals surface area (Å²) in [4.78, 5) is 10.7. The van der Waals surface area contributed by atoms with E-state index in [4.69, 9.17) is 15.6 Å². The molecule has 0 aliphatic heterocycles. The van der Waals surface area contributed by atoms with Gasteiger partial charge in [0.1, 0.15) is 5.56 Å². The minimum absolute atomic E-state index is 0.0503. The molecule has 0 amide bonds. The number of ether oxygens (including phenoxy) is 1. The van der Waals surface area contributed by atoms with Crippen molar-refractivity contribution in [1.82, 2.24) is 0 Å². The number of nitrogens with two attached hydrogens (primary N) is 1. The van der Waals surface area contributed by atoms with Crippen LogP contribution in [0.3, 0.4) is 0 Å². The first-order valence-electron chi connectivity index (χ1n) is 3.42. The number of hydrogen-bond acceptors (Lipinski definition) is 3. The number of carboxylic acids is 1. The number of halogens is 1. The monoisotopic (exact) mass is 245 g/mol. The number of hydrogen-bond donors (Lipinski definition) is 2. The Labute approximate surface area is 83.4 Å². The average molecular weight is 246 g/mol. The third-order valence-electron chi connectivity index (χ3n) is 1.52. The standard InChI is InChI=1S/C8H8BrNO3/c1-13-7-5(8(11)12)2-4(9)3-6(7)10/h2-3H,10H2,1H3,(H,11,12). The van der Waals surface area contributed by atoms with Crippen LogP contribution >= 0.6 is 15.9 Å². The van der Waals surface area contributed by atoms with Crippen LogP contribution in [-0.2, 0) is 0 Å². The van der Waals surface area contributed by atoms with Crippen molar-refractivity contribution in [3.8, 4) is 5.75 Å². The van der Waals surface area contributed by atoms with Gasteiger partial charge in [0.15, 0.2) is 5.75 Å². The molecule has 0 saturated heterocycles. The Morgan fingerprint density at radius 1 is 1.62 bits per heavy atom. The number of benzene rings is 1.